The van der Waals surface area contributed by atoms with Crippen LogP contribution in [0.5, 0.6) is 11.5 Å². The maximum absolute atomic E-state index is 13.2. The maximum atomic E-state index is 13.2. The Morgan fingerprint density at radius 2 is 1.76 bits per heavy atom. The molecule has 184 valence electrons. The molecule has 1 amide bonds. The number of rotatable bonds is 3. The molecule has 2 aromatic carbocycles. The minimum Gasteiger partial charge on any atom is -0.495 e. The minimum absolute atomic E-state index is 0.325. The van der Waals surface area contributed by atoms with Crippen LogP contribution >= 0.6 is 11.6 Å². The number of hydrogen-bond donors (Lipinski definition) is 0. The van der Waals surface area contributed by atoms with Gasteiger partial charge >= 0.3 is 12.3 Å². The number of ether oxygens (including phenoxy) is 2. The molecule has 0 unspecified atom stereocenters. The number of methoxy groups -OCH3 is 1. The molecular weight excluding hydrogens is 471 g/mol. The zero-order chi connectivity index (χ0) is 24.8. The molecule has 6 nitrogen and oxygen atoms in total. The standard InChI is InChI=1S/C24H27ClF3N3O3/c1-14-12-30(13-15(2)29(14)3)19-11-18-16(10-21(19)33-4)8-9-31(18)23(32)34-20-7-5-6-17(22(20)25)24(26,27)28/h5-7,10-11,14-15H,8-9,12-13H2,1-4H3/t14-,15+. The molecule has 1 saturated heterocycles. The predicted molar refractivity (Wildman–Crippen MR) is 125 cm³/mol. The van der Waals surface area contributed by atoms with Gasteiger partial charge in [-0.15, -0.1) is 0 Å². The Balaban J connectivity index is 1.62. The van der Waals surface area contributed by atoms with Gasteiger partial charge in [0.1, 0.15) is 5.75 Å². The van der Waals surface area contributed by atoms with Gasteiger partial charge < -0.3 is 14.4 Å². The summed E-state index contributed by atoms with van der Waals surface area (Å²) in [6, 6.07) is 7.73. The van der Waals surface area contributed by atoms with E-state index in [0.717, 1.165) is 42.2 Å². The van der Waals surface area contributed by atoms with Crippen LogP contribution in [-0.4, -0.2) is 56.9 Å². The summed E-state index contributed by atoms with van der Waals surface area (Å²) < 4.78 is 50.5. The first-order valence-corrected chi connectivity index (χ1v) is 11.4. The SMILES string of the molecule is COc1cc2c(cc1N1C[C@@H](C)N(C)[C@@H](C)C1)N(C(=O)Oc1cccc(C(F)(F)F)c1Cl)CC2. The number of likely N-dealkylation sites (N-methyl/N-ethyl adjacent to an activating group) is 1. The highest BCUT2D eigenvalue weighted by molar-refractivity contribution is 6.33. The van der Waals surface area contributed by atoms with E-state index in [-0.39, 0.29) is 5.75 Å². The number of fused-ring (bicyclic) bond motifs is 1. The van der Waals surface area contributed by atoms with E-state index in [9.17, 15) is 18.0 Å². The second kappa shape index (κ2) is 9.19. The van der Waals surface area contributed by atoms with E-state index >= 15 is 0 Å². The largest absolute Gasteiger partial charge is 0.495 e. The van der Waals surface area contributed by atoms with E-state index < -0.39 is 22.9 Å². The molecule has 2 atom stereocenters. The Hall–Kier alpha value is -2.65. The molecule has 2 aliphatic rings. The van der Waals surface area contributed by atoms with Crippen molar-refractivity contribution < 1.29 is 27.4 Å². The molecule has 10 heteroatoms. The lowest BCUT2D eigenvalue weighted by Crippen LogP contribution is -2.55. The Bertz CT molecular complexity index is 1080. The molecular formula is C24H27ClF3N3O3. The number of alkyl halides is 3. The Morgan fingerprint density at radius 3 is 2.38 bits per heavy atom. The number of halogens is 4. The first kappa shape index (κ1) is 24.5. The van der Waals surface area contributed by atoms with Crippen molar-refractivity contribution in [1.82, 2.24) is 4.90 Å². The summed E-state index contributed by atoms with van der Waals surface area (Å²) in [7, 11) is 3.72. The van der Waals surface area contributed by atoms with Crippen molar-refractivity contribution in [3.05, 3.63) is 46.5 Å². The molecule has 1 fully saturated rings. The van der Waals surface area contributed by atoms with Crippen LogP contribution in [0.3, 0.4) is 0 Å². The van der Waals surface area contributed by atoms with Crippen LogP contribution in [0.25, 0.3) is 0 Å². The van der Waals surface area contributed by atoms with Gasteiger partial charge in [0.2, 0.25) is 0 Å². The summed E-state index contributed by atoms with van der Waals surface area (Å²) in [5.41, 5.74) is 1.38. The van der Waals surface area contributed by atoms with Crippen LogP contribution in [0.2, 0.25) is 5.02 Å². The van der Waals surface area contributed by atoms with Gasteiger partial charge in [0.05, 0.1) is 29.1 Å². The third-order valence-electron chi connectivity index (χ3n) is 6.66. The Morgan fingerprint density at radius 1 is 1.09 bits per heavy atom. The third kappa shape index (κ3) is 4.51. The van der Waals surface area contributed by atoms with Crippen molar-refractivity contribution in [3.8, 4) is 11.5 Å². The first-order chi connectivity index (χ1) is 16.0. The average molecular weight is 498 g/mol. The summed E-state index contributed by atoms with van der Waals surface area (Å²) >= 11 is 5.91. The summed E-state index contributed by atoms with van der Waals surface area (Å²) in [5, 5.41) is -0.640. The number of piperazine rings is 1. The normalized spacial score (nSPS) is 20.9. The van der Waals surface area contributed by atoms with Crippen LogP contribution in [-0.2, 0) is 12.6 Å². The number of benzene rings is 2. The molecule has 0 bridgehead atoms. The van der Waals surface area contributed by atoms with Crippen LogP contribution in [0.1, 0.15) is 25.0 Å². The van der Waals surface area contributed by atoms with Gasteiger partial charge in [-0.2, -0.15) is 13.2 Å². The molecule has 4 rings (SSSR count). The lowest BCUT2D eigenvalue weighted by molar-refractivity contribution is -0.137. The van der Waals surface area contributed by atoms with E-state index in [1.165, 1.54) is 11.0 Å². The lowest BCUT2D eigenvalue weighted by Gasteiger charge is -2.44. The minimum atomic E-state index is -4.65. The fraction of sp³-hybridized carbons (Fsp3) is 0.458. The molecule has 0 radical (unpaired) electrons. The predicted octanol–water partition coefficient (Wildman–Crippen LogP) is 5.46. The van der Waals surface area contributed by atoms with Crippen molar-refractivity contribution in [2.45, 2.75) is 38.5 Å². The van der Waals surface area contributed by atoms with Gasteiger partial charge in [-0.1, -0.05) is 17.7 Å². The van der Waals surface area contributed by atoms with Gasteiger partial charge in [0.25, 0.3) is 0 Å². The topological polar surface area (TPSA) is 45.2 Å². The summed E-state index contributed by atoms with van der Waals surface area (Å²) in [5.74, 6) is 0.393. The van der Waals surface area contributed by atoms with Crippen LogP contribution in [0.15, 0.2) is 30.3 Å². The number of hydrogen-bond acceptors (Lipinski definition) is 5. The fourth-order valence-electron chi connectivity index (χ4n) is 4.56. The van der Waals surface area contributed by atoms with Gasteiger partial charge in [-0.05, 0) is 57.1 Å². The number of nitrogens with zero attached hydrogens (tertiary/aromatic N) is 3. The second-order valence-electron chi connectivity index (χ2n) is 8.81. The quantitative estimate of drug-likeness (QED) is 0.563. The van der Waals surface area contributed by atoms with Gasteiger partial charge in [-0.25, -0.2) is 4.79 Å². The zero-order valence-corrected chi connectivity index (χ0v) is 20.2. The van der Waals surface area contributed by atoms with Crippen LogP contribution < -0.4 is 19.3 Å². The van der Waals surface area contributed by atoms with E-state index in [0.29, 0.717) is 30.7 Å². The fourth-order valence-corrected chi connectivity index (χ4v) is 4.83. The molecule has 2 aliphatic heterocycles. The van der Waals surface area contributed by atoms with Crippen molar-refractivity contribution in [2.24, 2.45) is 0 Å². The number of anilines is 2. The molecule has 0 spiro atoms. The molecule has 0 aliphatic carbocycles. The van der Waals surface area contributed by atoms with E-state index in [1.807, 2.05) is 12.1 Å². The molecule has 0 N–H and O–H groups in total. The number of carbonyl (C=O) groups is 1. The molecule has 2 aromatic rings. The highest BCUT2D eigenvalue weighted by atomic mass is 35.5. The molecule has 34 heavy (non-hydrogen) atoms. The van der Waals surface area contributed by atoms with E-state index in [2.05, 4.69) is 30.7 Å². The van der Waals surface area contributed by atoms with Crippen molar-refractivity contribution in [2.75, 3.05) is 43.6 Å². The van der Waals surface area contributed by atoms with Crippen molar-refractivity contribution in [3.63, 3.8) is 0 Å². The molecule has 0 saturated carbocycles. The highest BCUT2D eigenvalue weighted by Gasteiger charge is 2.36. The Kier molecular flexibility index (Phi) is 6.61. The third-order valence-corrected chi connectivity index (χ3v) is 7.05. The number of carbonyl (C=O) groups excluding carboxylic acids is 1. The van der Waals surface area contributed by atoms with Gasteiger partial charge in [-0.3, -0.25) is 9.80 Å². The molecule has 0 aromatic heterocycles. The second-order valence-corrected chi connectivity index (χ2v) is 9.18. The van der Waals surface area contributed by atoms with E-state index in [4.69, 9.17) is 21.1 Å². The van der Waals surface area contributed by atoms with Crippen LogP contribution in [0, 0.1) is 0 Å². The summed E-state index contributed by atoms with van der Waals surface area (Å²) in [6.07, 6.45) is -4.86. The zero-order valence-electron chi connectivity index (χ0n) is 19.4. The first-order valence-electron chi connectivity index (χ1n) is 11.0. The smallest absolute Gasteiger partial charge is 0.419 e. The monoisotopic (exact) mass is 497 g/mol. The van der Waals surface area contributed by atoms with Crippen molar-refractivity contribution in [1.29, 1.82) is 0 Å². The van der Waals surface area contributed by atoms with Crippen LogP contribution in [0.4, 0.5) is 29.3 Å². The Labute approximate surface area is 201 Å². The van der Waals surface area contributed by atoms with Gasteiger partial charge in [0, 0.05) is 31.7 Å². The number of amides is 1. The highest BCUT2D eigenvalue weighted by Crippen LogP contribution is 2.42. The molecule has 2 heterocycles. The van der Waals surface area contributed by atoms with Crippen molar-refractivity contribution >= 4 is 29.1 Å². The maximum Gasteiger partial charge on any atom is 0.419 e. The van der Waals surface area contributed by atoms with E-state index in [1.54, 1.807) is 7.11 Å². The van der Waals surface area contributed by atoms with Gasteiger partial charge in [0.15, 0.2) is 5.75 Å². The average Bonchev–Trinajstić information content (AvgIpc) is 3.19. The lowest BCUT2D eigenvalue weighted by atomic mass is 10.1. The summed E-state index contributed by atoms with van der Waals surface area (Å²) in [4.78, 5) is 19.0. The summed E-state index contributed by atoms with van der Waals surface area (Å²) in [6.45, 7) is 6.24.